The van der Waals surface area contributed by atoms with E-state index in [1.54, 1.807) is 6.20 Å². The summed E-state index contributed by atoms with van der Waals surface area (Å²) in [7, 11) is -3.38. The molecule has 0 unspecified atom stereocenters. The molecule has 0 atom stereocenters. The zero-order valence-electron chi connectivity index (χ0n) is 18.3. The largest absolute Gasteiger partial charge is 0.346 e. The van der Waals surface area contributed by atoms with E-state index in [1.165, 1.54) is 0 Å². The third-order valence-electron chi connectivity index (χ3n) is 7.29. The Morgan fingerprint density at radius 1 is 1.16 bits per heavy atom. The number of hydrogen-bond donors (Lipinski definition) is 2. The van der Waals surface area contributed by atoms with Gasteiger partial charge in [-0.15, -0.1) is 0 Å². The zero-order chi connectivity index (χ0) is 22.1. The van der Waals surface area contributed by atoms with E-state index >= 15 is 0 Å². The SMILES string of the molecule is N#CCC1CCC(n2c(CNS(=O)(=O)C3CCCCC3)nc3cnc4[nH]ccc4c32)CC1. The smallest absolute Gasteiger partial charge is 0.214 e. The van der Waals surface area contributed by atoms with Crippen LogP contribution in [0.3, 0.4) is 0 Å². The minimum absolute atomic E-state index is 0.192. The monoisotopic (exact) mass is 454 g/mol. The fourth-order valence-electron chi connectivity index (χ4n) is 5.55. The van der Waals surface area contributed by atoms with Crippen LogP contribution in [0.2, 0.25) is 0 Å². The molecule has 0 radical (unpaired) electrons. The van der Waals surface area contributed by atoms with Gasteiger partial charge in [0.25, 0.3) is 0 Å². The summed E-state index contributed by atoms with van der Waals surface area (Å²) in [5, 5.41) is 9.77. The Kier molecular flexibility index (Phi) is 5.91. The van der Waals surface area contributed by atoms with Gasteiger partial charge in [0, 0.05) is 24.0 Å². The molecule has 3 heterocycles. The first kappa shape index (κ1) is 21.4. The van der Waals surface area contributed by atoms with Gasteiger partial charge < -0.3 is 9.55 Å². The van der Waals surface area contributed by atoms with Gasteiger partial charge in [0.15, 0.2) is 0 Å². The predicted molar refractivity (Wildman–Crippen MR) is 123 cm³/mol. The van der Waals surface area contributed by atoms with Crippen LogP contribution in [-0.2, 0) is 16.6 Å². The molecule has 0 aliphatic heterocycles. The van der Waals surface area contributed by atoms with Crippen molar-refractivity contribution in [1.82, 2.24) is 24.2 Å². The molecule has 9 heteroatoms. The summed E-state index contributed by atoms with van der Waals surface area (Å²) in [5.74, 6) is 1.20. The lowest BCUT2D eigenvalue weighted by atomic mass is 9.84. The molecule has 2 aliphatic carbocycles. The van der Waals surface area contributed by atoms with E-state index in [1.807, 2.05) is 12.3 Å². The van der Waals surface area contributed by atoms with Crippen molar-refractivity contribution in [3.8, 4) is 6.07 Å². The molecular weight excluding hydrogens is 424 g/mol. The van der Waals surface area contributed by atoms with E-state index in [2.05, 4.69) is 25.3 Å². The minimum Gasteiger partial charge on any atom is -0.346 e. The molecule has 32 heavy (non-hydrogen) atoms. The number of nitrogens with one attached hydrogen (secondary N) is 2. The van der Waals surface area contributed by atoms with Crippen LogP contribution in [0, 0.1) is 17.2 Å². The molecule has 5 rings (SSSR count). The topological polar surface area (TPSA) is 116 Å². The Balaban J connectivity index is 1.48. The number of fused-ring (bicyclic) bond motifs is 3. The predicted octanol–water partition coefficient (Wildman–Crippen LogP) is 4.31. The third-order valence-corrected chi connectivity index (χ3v) is 9.19. The van der Waals surface area contributed by atoms with Gasteiger partial charge in [0.2, 0.25) is 10.0 Å². The molecule has 0 bridgehead atoms. The number of imidazole rings is 1. The van der Waals surface area contributed by atoms with Crippen molar-refractivity contribution in [2.45, 2.75) is 82.0 Å². The second-order valence-corrected chi connectivity index (χ2v) is 11.3. The maximum Gasteiger partial charge on any atom is 0.214 e. The first-order valence-corrected chi connectivity index (χ1v) is 13.3. The van der Waals surface area contributed by atoms with Crippen LogP contribution in [0.1, 0.15) is 76.1 Å². The standard InChI is InChI=1S/C23H30N6O2S/c24-12-10-16-6-8-17(9-7-16)29-21(15-27-32(30,31)18-4-2-1-3-5-18)28-20-14-26-23-19(22(20)29)11-13-25-23/h11,13-14,16-18,27H,1-10,15H2,(H,25,26). The Morgan fingerprint density at radius 3 is 2.69 bits per heavy atom. The molecule has 2 fully saturated rings. The number of nitrogens with zero attached hydrogens (tertiary/aromatic N) is 4. The van der Waals surface area contributed by atoms with Crippen molar-refractivity contribution in [3.63, 3.8) is 0 Å². The number of H-pyrrole nitrogens is 1. The molecule has 3 aromatic heterocycles. The van der Waals surface area contributed by atoms with Gasteiger partial charge in [-0.25, -0.2) is 23.1 Å². The van der Waals surface area contributed by atoms with Crippen molar-refractivity contribution in [2.24, 2.45) is 5.92 Å². The van der Waals surface area contributed by atoms with Crippen LogP contribution in [0.25, 0.3) is 22.1 Å². The number of rotatable bonds is 6. The normalized spacial score (nSPS) is 23.0. The van der Waals surface area contributed by atoms with Crippen LogP contribution in [0.5, 0.6) is 0 Å². The average molecular weight is 455 g/mol. The highest BCUT2D eigenvalue weighted by atomic mass is 32.2. The van der Waals surface area contributed by atoms with E-state index in [4.69, 9.17) is 10.2 Å². The summed E-state index contributed by atoms with van der Waals surface area (Å²) in [6, 6.07) is 4.56. The second-order valence-electron chi connectivity index (χ2n) is 9.29. The van der Waals surface area contributed by atoms with Crippen molar-refractivity contribution >= 4 is 32.1 Å². The summed E-state index contributed by atoms with van der Waals surface area (Å²) in [4.78, 5) is 12.5. The third kappa shape index (κ3) is 4.02. The average Bonchev–Trinajstić information content (AvgIpc) is 3.43. The van der Waals surface area contributed by atoms with Crippen LogP contribution in [0.4, 0.5) is 0 Å². The number of sulfonamides is 1. The molecule has 170 valence electrons. The van der Waals surface area contributed by atoms with Crippen molar-refractivity contribution in [1.29, 1.82) is 5.26 Å². The Hall–Kier alpha value is -2.44. The summed E-state index contributed by atoms with van der Waals surface area (Å²) < 4.78 is 31.0. The fraction of sp³-hybridized carbons (Fsp3) is 0.609. The number of pyridine rings is 1. The molecule has 2 saturated carbocycles. The first-order valence-electron chi connectivity index (χ1n) is 11.7. The highest BCUT2D eigenvalue weighted by molar-refractivity contribution is 7.90. The van der Waals surface area contributed by atoms with Crippen molar-refractivity contribution < 1.29 is 8.42 Å². The van der Waals surface area contributed by atoms with Gasteiger partial charge in [-0.1, -0.05) is 19.3 Å². The van der Waals surface area contributed by atoms with E-state index < -0.39 is 10.0 Å². The highest BCUT2D eigenvalue weighted by Gasteiger charge is 2.30. The van der Waals surface area contributed by atoms with Crippen LogP contribution < -0.4 is 4.72 Å². The molecule has 0 amide bonds. The lowest BCUT2D eigenvalue weighted by Crippen LogP contribution is -2.36. The van der Waals surface area contributed by atoms with Crippen LogP contribution in [0.15, 0.2) is 18.5 Å². The lowest BCUT2D eigenvalue weighted by Gasteiger charge is -2.30. The number of aromatic nitrogens is 4. The fourth-order valence-corrected chi connectivity index (χ4v) is 7.07. The second kappa shape index (κ2) is 8.83. The number of hydrogen-bond acceptors (Lipinski definition) is 5. The summed E-state index contributed by atoms with van der Waals surface area (Å²) in [6.07, 6.45) is 12.8. The minimum atomic E-state index is -3.38. The van der Waals surface area contributed by atoms with Crippen molar-refractivity contribution in [3.05, 3.63) is 24.3 Å². The number of aromatic amines is 1. The molecule has 0 aromatic carbocycles. The molecular formula is C23H30N6O2S. The molecule has 3 aromatic rings. The van der Waals surface area contributed by atoms with E-state index in [0.29, 0.717) is 12.3 Å². The van der Waals surface area contributed by atoms with Gasteiger partial charge >= 0.3 is 0 Å². The Labute approximate surface area is 188 Å². The van der Waals surface area contributed by atoms with Gasteiger partial charge in [-0.2, -0.15) is 5.26 Å². The maximum absolute atomic E-state index is 13.0. The summed E-state index contributed by atoms with van der Waals surface area (Å²) >= 11 is 0. The maximum atomic E-state index is 13.0. The zero-order valence-corrected chi connectivity index (χ0v) is 19.1. The van der Waals surface area contributed by atoms with Gasteiger partial charge in [0.1, 0.15) is 17.0 Å². The quantitative estimate of drug-likeness (QED) is 0.576. The van der Waals surface area contributed by atoms with Crippen LogP contribution in [-0.4, -0.2) is 33.2 Å². The Morgan fingerprint density at radius 2 is 1.94 bits per heavy atom. The van der Waals surface area contributed by atoms with Crippen LogP contribution >= 0.6 is 0 Å². The molecule has 2 N–H and O–H groups in total. The Bertz CT molecular complexity index is 1240. The van der Waals surface area contributed by atoms with Crippen molar-refractivity contribution in [2.75, 3.05) is 0 Å². The molecule has 2 aliphatic rings. The highest BCUT2D eigenvalue weighted by Crippen LogP contribution is 2.38. The first-order chi connectivity index (χ1) is 15.6. The van der Waals surface area contributed by atoms with E-state index in [-0.39, 0.29) is 17.8 Å². The van der Waals surface area contributed by atoms with Gasteiger partial charge in [0.05, 0.1) is 29.6 Å². The lowest BCUT2D eigenvalue weighted by molar-refractivity contribution is 0.277. The van der Waals surface area contributed by atoms with E-state index in [9.17, 15) is 8.42 Å². The molecule has 0 spiro atoms. The molecule has 0 saturated heterocycles. The number of nitriles is 1. The van der Waals surface area contributed by atoms with Gasteiger partial charge in [-0.05, 0) is 50.5 Å². The molecule has 8 nitrogen and oxygen atoms in total. The van der Waals surface area contributed by atoms with E-state index in [0.717, 1.165) is 85.7 Å². The van der Waals surface area contributed by atoms with Gasteiger partial charge in [-0.3, -0.25) is 0 Å². The summed E-state index contributed by atoms with van der Waals surface area (Å²) in [5.41, 5.74) is 2.63. The summed E-state index contributed by atoms with van der Waals surface area (Å²) in [6.45, 7) is 0.192.